The van der Waals surface area contributed by atoms with Crippen LogP contribution in [0, 0.1) is 11.3 Å². The van der Waals surface area contributed by atoms with Crippen molar-refractivity contribution in [2.45, 2.75) is 39.2 Å². The van der Waals surface area contributed by atoms with Crippen LogP contribution < -0.4 is 10.1 Å². The van der Waals surface area contributed by atoms with E-state index in [-0.39, 0.29) is 0 Å². The van der Waals surface area contributed by atoms with Gasteiger partial charge in [0, 0.05) is 6.04 Å². The third-order valence-corrected chi connectivity index (χ3v) is 5.02. The predicted octanol–water partition coefficient (Wildman–Crippen LogP) is 3.43. The van der Waals surface area contributed by atoms with Gasteiger partial charge in [0.25, 0.3) is 0 Å². The van der Waals surface area contributed by atoms with Crippen molar-refractivity contribution in [3.05, 3.63) is 29.8 Å². The standard InChI is InChI=1S/C16H25NO/c1-6-16(3)14(11(2)15(16)17-4)12-7-9-13(18-5)10-8-12/h7-11,14-15,17H,6H2,1-5H3. The molecule has 1 aliphatic rings. The van der Waals surface area contributed by atoms with Crippen LogP contribution in [0.5, 0.6) is 5.75 Å². The summed E-state index contributed by atoms with van der Waals surface area (Å²) < 4.78 is 5.24. The number of benzene rings is 1. The Balaban J connectivity index is 2.26. The van der Waals surface area contributed by atoms with Gasteiger partial charge in [-0.1, -0.05) is 32.9 Å². The first-order valence-electron chi connectivity index (χ1n) is 6.89. The molecule has 0 saturated heterocycles. The summed E-state index contributed by atoms with van der Waals surface area (Å²) in [6.07, 6.45) is 1.21. The minimum atomic E-state index is 0.364. The molecule has 0 aliphatic heterocycles. The van der Waals surface area contributed by atoms with Crippen LogP contribution in [0.3, 0.4) is 0 Å². The normalized spacial score (nSPS) is 35.1. The summed E-state index contributed by atoms with van der Waals surface area (Å²) in [6, 6.07) is 9.21. The molecule has 0 amide bonds. The first-order chi connectivity index (χ1) is 8.58. The van der Waals surface area contributed by atoms with Gasteiger partial charge in [0.05, 0.1) is 7.11 Å². The van der Waals surface area contributed by atoms with Crippen LogP contribution in [0.4, 0.5) is 0 Å². The van der Waals surface area contributed by atoms with Gasteiger partial charge in [0.1, 0.15) is 5.75 Å². The highest BCUT2D eigenvalue weighted by molar-refractivity contribution is 5.34. The summed E-state index contributed by atoms with van der Waals surface area (Å²) in [6.45, 7) is 7.06. The summed E-state index contributed by atoms with van der Waals surface area (Å²) in [5.74, 6) is 2.27. The molecule has 18 heavy (non-hydrogen) atoms. The molecular weight excluding hydrogens is 222 g/mol. The number of hydrogen-bond donors (Lipinski definition) is 1. The van der Waals surface area contributed by atoms with Crippen molar-refractivity contribution in [1.29, 1.82) is 0 Å². The summed E-state index contributed by atoms with van der Waals surface area (Å²) in [5, 5.41) is 3.49. The molecule has 0 aromatic heterocycles. The van der Waals surface area contributed by atoms with Gasteiger partial charge in [-0.25, -0.2) is 0 Å². The van der Waals surface area contributed by atoms with E-state index >= 15 is 0 Å². The number of ether oxygens (including phenoxy) is 1. The van der Waals surface area contributed by atoms with Crippen LogP contribution in [-0.4, -0.2) is 20.2 Å². The zero-order valence-corrected chi connectivity index (χ0v) is 12.2. The fourth-order valence-corrected chi connectivity index (χ4v) is 4.00. The molecule has 1 aromatic rings. The van der Waals surface area contributed by atoms with Gasteiger partial charge in [-0.05, 0) is 48.4 Å². The highest BCUT2D eigenvalue weighted by Gasteiger charge is 2.55. The van der Waals surface area contributed by atoms with Gasteiger partial charge >= 0.3 is 0 Å². The third kappa shape index (κ3) is 1.83. The van der Waals surface area contributed by atoms with Crippen LogP contribution in [0.2, 0.25) is 0 Å². The number of rotatable bonds is 4. The molecular formula is C16H25NO. The second-order valence-electron chi connectivity index (χ2n) is 5.74. The van der Waals surface area contributed by atoms with Gasteiger partial charge in [-0.15, -0.1) is 0 Å². The van der Waals surface area contributed by atoms with Crippen LogP contribution in [-0.2, 0) is 0 Å². The van der Waals surface area contributed by atoms with Crippen molar-refractivity contribution in [2.24, 2.45) is 11.3 Å². The molecule has 0 bridgehead atoms. The first-order valence-corrected chi connectivity index (χ1v) is 6.89. The molecule has 2 heteroatoms. The fourth-order valence-electron chi connectivity index (χ4n) is 4.00. The first kappa shape index (κ1) is 13.4. The lowest BCUT2D eigenvalue weighted by Gasteiger charge is -2.59. The Morgan fingerprint density at radius 3 is 2.33 bits per heavy atom. The van der Waals surface area contributed by atoms with Crippen molar-refractivity contribution in [3.63, 3.8) is 0 Å². The van der Waals surface area contributed by atoms with E-state index < -0.39 is 0 Å². The van der Waals surface area contributed by atoms with Crippen molar-refractivity contribution >= 4 is 0 Å². The van der Waals surface area contributed by atoms with Gasteiger partial charge in [-0.2, -0.15) is 0 Å². The van der Waals surface area contributed by atoms with Gasteiger partial charge in [0.15, 0.2) is 0 Å². The Kier molecular flexibility index (Phi) is 3.67. The maximum atomic E-state index is 5.24. The topological polar surface area (TPSA) is 21.3 Å². The van der Waals surface area contributed by atoms with Crippen molar-refractivity contribution < 1.29 is 4.74 Å². The summed E-state index contributed by atoms with van der Waals surface area (Å²) in [7, 11) is 3.80. The maximum absolute atomic E-state index is 5.24. The number of hydrogen-bond acceptors (Lipinski definition) is 2. The van der Waals surface area contributed by atoms with E-state index in [1.807, 2.05) is 0 Å². The second-order valence-corrected chi connectivity index (χ2v) is 5.74. The van der Waals surface area contributed by atoms with E-state index in [9.17, 15) is 0 Å². The summed E-state index contributed by atoms with van der Waals surface area (Å²) in [4.78, 5) is 0. The molecule has 100 valence electrons. The van der Waals surface area contributed by atoms with Gasteiger partial charge < -0.3 is 10.1 Å². The zero-order chi connectivity index (χ0) is 13.3. The zero-order valence-electron chi connectivity index (χ0n) is 12.2. The summed E-state index contributed by atoms with van der Waals surface area (Å²) >= 11 is 0. The Morgan fingerprint density at radius 2 is 1.89 bits per heavy atom. The quantitative estimate of drug-likeness (QED) is 0.880. The fraction of sp³-hybridized carbons (Fsp3) is 0.625. The molecule has 1 aliphatic carbocycles. The van der Waals surface area contributed by atoms with E-state index in [0.29, 0.717) is 23.3 Å². The molecule has 0 radical (unpaired) electrons. The highest BCUT2D eigenvalue weighted by atomic mass is 16.5. The van der Waals surface area contributed by atoms with Crippen LogP contribution in [0.15, 0.2) is 24.3 Å². The summed E-state index contributed by atoms with van der Waals surface area (Å²) in [5.41, 5.74) is 1.81. The molecule has 4 unspecified atom stereocenters. The SMILES string of the molecule is CCC1(C)C(NC)C(C)C1c1ccc(OC)cc1. The van der Waals surface area contributed by atoms with Crippen molar-refractivity contribution in [2.75, 3.05) is 14.2 Å². The second kappa shape index (κ2) is 4.93. The highest BCUT2D eigenvalue weighted by Crippen LogP contribution is 2.58. The lowest BCUT2D eigenvalue weighted by atomic mass is 9.48. The minimum Gasteiger partial charge on any atom is -0.497 e. The Labute approximate surface area is 111 Å². The molecule has 1 saturated carbocycles. The maximum Gasteiger partial charge on any atom is 0.118 e. The molecule has 4 atom stereocenters. The minimum absolute atomic E-state index is 0.364. The Bertz CT molecular complexity index is 400. The van der Waals surface area contributed by atoms with E-state index in [0.717, 1.165) is 5.75 Å². The smallest absolute Gasteiger partial charge is 0.118 e. The monoisotopic (exact) mass is 247 g/mol. The molecule has 1 fully saturated rings. The Hall–Kier alpha value is -1.02. The van der Waals surface area contributed by atoms with Crippen LogP contribution in [0.25, 0.3) is 0 Å². The molecule has 0 spiro atoms. The van der Waals surface area contributed by atoms with Crippen LogP contribution in [0.1, 0.15) is 38.7 Å². The van der Waals surface area contributed by atoms with Crippen molar-refractivity contribution in [3.8, 4) is 5.75 Å². The Morgan fingerprint density at radius 1 is 1.28 bits per heavy atom. The largest absolute Gasteiger partial charge is 0.497 e. The number of nitrogens with one attached hydrogen (secondary N) is 1. The molecule has 2 rings (SSSR count). The van der Waals surface area contributed by atoms with Gasteiger partial charge in [-0.3, -0.25) is 0 Å². The van der Waals surface area contributed by atoms with Gasteiger partial charge in [0.2, 0.25) is 0 Å². The molecule has 0 heterocycles. The van der Waals surface area contributed by atoms with E-state index in [1.54, 1.807) is 7.11 Å². The van der Waals surface area contributed by atoms with E-state index in [2.05, 4.69) is 57.4 Å². The third-order valence-electron chi connectivity index (χ3n) is 5.02. The lowest BCUT2D eigenvalue weighted by Crippen LogP contribution is -2.61. The average molecular weight is 247 g/mol. The van der Waals surface area contributed by atoms with E-state index in [1.165, 1.54) is 12.0 Å². The number of methoxy groups -OCH3 is 1. The average Bonchev–Trinajstić information content (AvgIpc) is 2.40. The molecule has 1 aromatic carbocycles. The predicted molar refractivity (Wildman–Crippen MR) is 76.1 cm³/mol. The molecule has 1 N–H and O–H groups in total. The van der Waals surface area contributed by atoms with Crippen LogP contribution >= 0.6 is 0 Å². The van der Waals surface area contributed by atoms with Crippen molar-refractivity contribution in [1.82, 2.24) is 5.32 Å². The van der Waals surface area contributed by atoms with E-state index in [4.69, 9.17) is 4.74 Å². The lowest BCUT2D eigenvalue weighted by molar-refractivity contribution is -0.0154. The molecule has 2 nitrogen and oxygen atoms in total.